The summed E-state index contributed by atoms with van der Waals surface area (Å²) in [4.78, 5) is 28.4. The van der Waals surface area contributed by atoms with Gasteiger partial charge in [0.25, 0.3) is 0 Å². The molecule has 1 aromatic carbocycles. The highest BCUT2D eigenvalue weighted by molar-refractivity contribution is 5.93. The van der Waals surface area contributed by atoms with Crippen LogP contribution in [0.5, 0.6) is 0 Å². The lowest BCUT2D eigenvalue weighted by molar-refractivity contribution is -0.125. The van der Waals surface area contributed by atoms with Crippen molar-refractivity contribution < 1.29 is 9.59 Å². The molecule has 0 radical (unpaired) electrons. The number of nitrogens with zero attached hydrogens (tertiary/aromatic N) is 2. The van der Waals surface area contributed by atoms with Gasteiger partial charge in [0.1, 0.15) is 0 Å². The monoisotopic (exact) mass is 356 g/mol. The third kappa shape index (κ3) is 6.02. The molecule has 0 unspecified atom stereocenters. The third-order valence-corrected chi connectivity index (χ3v) is 4.28. The van der Waals surface area contributed by atoms with Crippen LogP contribution in [0.3, 0.4) is 0 Å². The maximum atomic E-state index is 12.2. The Labute approximate surface area is 155 Å². The number of imidazole rings is 1. The number of benzene rings is 1. The number of para-hydroxylation sites is 1. The van der Waals surface area contributed by atoms with Crippen molar-refractivity contribution in [3.05, 3.63) is 48.5 Å². The van der Waals surface area contributed by atoms with Gasteiger partial charge in [0.2, 0.25) is 11.8 Å². The summed E-state index contributed by atoms with van der Waals surface area (Å²) < 4.78 is 1.93. The summed E-state index contributed by atoms with van der Waals surface area (Å²) in [6, 6.07) is 7.79. The molecule has 1 atom stereocenters. The molecule has 0 fully saturated rings. The molecule has 0 saturated carbocycles. The summed E-state index contributed by atoms with van der Waals surface area (Å²) in [5.74, 6) is 0.0726. The second-order valence-corrected chi connectivity index (χ2v) is 6.72. The maximum absolute atomic E-state index is 12.2. The standard InChI is InChI=1S/C20H28N4O2/c1-4-16(13-24-12-11-21-14-24)22-19(25)9-10-20(26)23-18-8-6-5-7-17(18)15(2)3/h5-8,11-12,14-16H,4,9-10,13H2,1-3H3,(H,22,25)(H,23,26)/t16-/m1/s1. The minimum Gasteiger partial charge on any atom is -0.352 e. The predicted octanol–water partition coefficient (Wildman–Crippen LogP) is 3.32. The Hall–Kier alpha value is -2.63. The Morgan fingerprint density at radius 1 is 1.15 bits per heavy atom. The van der Waals surface area contributed by atoms with E-state index in [1.807, 2.05) is 42.0 Å². The molecule has 2 amide bonds. The topological polar surface area (TPSA) is 76.0 Å². The number of amides is 2. The molecule has 0 bridgehead atoms. The second kappa shape index (κ2) is 9.75. The van der Waals surface area contributed by atoms with E-state index in [4.69, 9.17) is 0 Å². The van der Waals surface area contributed by atoms with Crippen molar-refractivity contribution in [2.24, 2.45) is 0 Å². The number of hydrogen-bond donors (Lipinski definition) is 2. The third-order valence-electron chi connectivity index (χ3n) is 4.28. The lowest BCUT2D eigenvalue weighted by Crippen LogP contribution is -2.37. The lowest BCUT2D eigenvalue weighted by Gasteiger charge is -2.17. The van der Waals surface area contributed by atoms with Crippen LogP contribution in [0.2, 0.25) is 0 Å². The number of aromatic nitrogens is 2. The summed E-state index contributed by atoms with van der Waals surface area (Å²) in [6.07, 6.45) is 6.48. The molecule has 0 aliphatic carbocycles. The molecule has 1 aromatic heterocycles. The van der Waals surface area contributed by atoms with Gasteiger partial charge in [-0.05, 0) is 24.0 Å². The first-order valence-corrected chi connectivity index (χ1v) is 9.13. The van der Waals surface area contributed by atoms with Crippen LogP contribution >= 0.6 is 0 Å². The van der Waals surface area contributed by atoms with Crippen molar-refractivity contribution in [1.82, 2.24) is 14.9 Å². The zero-order valence-electron chi connectivity index (χ0n) is 15.7. The molecule has 1 heterocycles. The van der Waals surface area contributed by atoms with E-state index in [-0.39, 0.29) is 30.7 Å². The molecular weight excluding hydrogens is 328 g/mol. The predicted molar refractivity (Wildman–Crippen MR) is 103 cm³/mol. The van der Waals surface area contributed by atoms with Crippen LogP contribution in [0.4, 0.5) is 5.69 Å². The van der Waals surface area contributed by atoms with Gasteiger partial charge in [-0.1, -0.05) is 39.0 Å². The highest BCUT2D eigenvalue weighted by atomic mass is 16.2. The first kappa shape index (κ1) is 19.7. The van der Waals surface area contributed by atoms with Crippen molar-refractivity contribution in [2.45, 2.75) is 58.5 Å². The highest BCUT2D eigenvalue weighted by Gasteiger charge is 2.14. The van der Waals surface area contributed by atoms with Crippen LogP contribution < -0.4 is 10.6 Å². The maximum Gasteiger partial charge on any atom is 0.224 e. The molecule has 0 aliphatic heterocycles. The average Bonchev–Trinajstić information content (AvgIpc) is 3.12. The van der Waals surface area contributed by atoms with Crippen molar-refractivity contribution in [3.63, 3.8) is 0 Å². The lowest BCUT2D eigenvalue weighted by atomic mass is 10.0. The smallest absolute Gasteiger partial charge is 0.224 e. The summed E-state index contributed by atoms with van der Waals surface area (Å²) >= 11 is 0. The van der Waals surface area contributed by atoms with Gasteiger partial charge in [-0.3, -0.25) is 9.59 Å². The Morgan fingerprint density at radius 2 is 1.88 bits per heavy atom. The van der Waals surface area contributed by atoms with Crippen LogP contribution in [0.25, 0.3) is 0 Å². The fraction of sp³-hybridized carbons (Fsp3) is 0.450. The minimum absolute atomic E-state index is 0.0291. The van der Waals surface area contributed by atoms with Gasteiger partial charge in [0.05, 0.1) is 6.33 Å². The van der Waals surface area contributed by atoms with Crippen molar-refractivity contribution in [2.75, 3.05) is 5.32 Å². The molecule has 140 valence electrons. The molecular formula is C20H28N4O2. The van der Waals surface area contributed by atoms with Crippen LogP contribution in [-0.2, 0) is 16.1 Å². The number of anilines is 1. The van der Waals surface area contributed by atoms with Gasteiger partial charge in [-0.15, -0.1) is 0 Å². The van der Waals surface area contributed by atoms with Crippen LogP contribution in [-0.4, -0.2) is 27.4 Å². The fourth-order valence-corrected chi connectivity index (χ4v) is 2.78. The van der Waals surface area contributed by atoms with E-state index in [0.717, 1.165) is 17.7 Å². The van der Waals surface area contributed by atoms with E-state index in [0.29, 0.717) is 12.5 Å². The van der Waals surface area contributed by atoms with Crippen molar-refractivity contribution >= 4 is 17.5 Å². The molecule has 26 heavy (non-hydrogen) atoms. The Morgan fingerprint density at radius 3 is 2.54 bits per heavy atom. The van der Waals surface area contributed by atoms with Crippen LogP contribution in [0, 0.1) is 0 Å². The molecule has 2 aromatic rings. The van der Waals surface area contributed by atoms with Crippen LogP contribution in [0.1, 0.15) is 51.5 Å². The van der Waals surface area contributed by atoms with E-state index < -0.39 is 0 Å². The molecule has 0 spiro atoms. The molecule has 2 N–H and O–H groups in total. The van der Waals surface area contributed by atoms with Gasteiger partial charge < -0.3 is 15.2 Å². The van der Waals surface area contributed by atoms with E-state index in [1.54, 1.807) is 12.5 Å². The van der Waals surface area contributed by atoms with Gasteiger partial charge in [-0.2, -0.15) is 0 Å². The van der Waals surface area contributed by atoms with E-state index in [1.165, 1.54) is 0 Å². The Kier molecular flexibility index (Phi) is 7.38. The van der Waals surface area contributed by atoms with Gasteiger partial charge in [-0.25, -0.2) is 4.98 Å². The SMILES string of the molecule is CC[C@H](Cn1ccnc1)NC(=O)CCC(=O)Nc1ccccc1C(C)C. The highest BCUT2D eigenvalue weighted by Crippen LogP contribution is 2.23. The van der Waals surface area contributed by atoms with Crippen LogP contribution in [0.15, 0.2) is 43.0 Å². The summed E-state index contributed by atoms with van der Waals surface area (Å²) in [7, 11) is 0. The second-order valence-electron chi connectivity index (χ2n) is 6.72. The number of nitrogens with one attached hydrogen (secondary N) is 2. The molecule has 0 saturated heterocycles. The zero-order chi connectivity index (χ0) is 18.9. The molecule has 2 rings (SSSR count). The summed E-state index contributed by atoms with van der Waals surface area (Å²) in [5.41, 5.74) is 1.91. The Balaban J connectivity index is 1.80. The van der Waals surface area contributed by atoms with E-state index >= 15 is 0 Å². The fourth-order valence-electron chi connectivity index (χ4n) is 2.78. The number of carbonyl (C=O) groups is 2. The molecule has 0 aliphatic rings. The number of carbonyl (C=O) groups excluding carboxylic acids is 2. The summed E-state index contributed by atoms with van der Waals surface area (Å²) in [6.45, 7) is 6.88. The van der Waals surface area contributed by atoms with Gasteiger partial charge in [0, 0.05) is 43.5 Å². The van der Waals surface area contributed by atoms with E-state index in [2.05, 4.69) is 29.5 Å². The van der Waals surface area contributed by atoms with Crippen molar-refractivity contribution in [3.8, 4) is 0 Å². The Bertz CT molecular complexity index is 710. The van der Waals surface area contributed by atoms with Gasteiger partial charge >= 0.3 is 0 Å². The molecule has 6 nitrogen and oxygen atoms in total. The van der Waals surface area contributed by atoms with Crippen molar-refractivity contribution in [1.29, 1.82) is 0 Å². The zero-order valence-corrected chi connectivity index (χ0v) is 15.7. The molecule has 6 heteroatoms. The first-order valence-electron chi connectivity index (χ1n) is 9.13. The van der Waals surface area contributed by atoms with Gasteiger partial charge in [0.15, 0.2) is 0 Å². The number of rotatable bonds is 9. The number of hydrogen-bond acceptors (Lipinski definition) is 3. The quantitative estimate of drug-likeness (QED) is 0.724. The average molecular weight is 356 g/mol. The summed E-state index contributed by atoms with van der Waals surface area (Å²) in [5, 5.41) is 5.91. The normalized spacial score (nSPS) is 12.0. The largest absolute Gasteiger partial charge is 0.352 e. The first-order chi connectivity index (χ1) is 12.5. The minimum atomic E-state index is -0.143. The van der Waals surface area contributed by atoms with E-state index in [9.17, 15) is 9.59 Å².